The minimum absolute atomic E-state index is 0.555. The summed E-state index contributed by atoms with van der Waals surface area (Å²) in [6, 6.07) is 84.5. The van der Waals surface area contributed by atoms with E-state index in [1.54, 1.807) is 0 Å². The van der Waals surface area contributed by atoms with Gasteiger partial charge in [-0.2, -0.15) is 0 Å². The van der Waals surface area contributed by atoms with E-state index < -0.39 is 0 Å². The number of thiophene rings is 2. The SMILES string of the molecule is c1ccc(-c2nc(-c3ccccc3)nc(-c3cc(-c4cccc5sc6cc7c(cc6c45)c4ccccc4n7-c4ccccc4)cnc3-c3cccc4sc5cc6c(cc5c34)c3ccccc3n6-c3ccccc3)n2)cc1. The van der Waals surface area contributed by atoms with Crippen LogP contribution in [0.25, 0.3) is 152 Å². The molecule has 0 aliphatic rings. The molecule has 6 heterocycles. The molecule has 76 heavy (non-hydrogen) atoms. The molecule has 8 heteroatoms. The van der Waals surface area contributed by atoms with E-state index in [1.165, 1.54) is 78.6 Å². The van der Waals surface area contributed by atoms with Crippen molar-refractivity contribution in [1.29, 1.82) is 0 Å². The van der Waals surface area contributed by atoms with Gasteiger partial charge in [0, 0.05) is 107 Å². The average Bonchev–Trinajstić information content (AvgIpc) is 4.41. The van der Waals surface area contributed by atoms with E-state index in [2.05, 4.69) is 216 Å². The second kappa shape index (κ2) is 17.0. The summed E-state index contributed by atoms with van der Waals surface area (Å²) in [5.74, 6) is 1.75. The molecule has 0 aliphatic carbocycles. The maximum atomic E-state index is 5.60. The summed E-state index contributed by atoms with van der Waals surface area (Å²) in [5.41, 5.74) is 13.6. The number of benzene rings is 10. The maximum absolute atomic E-state index is 5.60. The number of nitrogens with zero attached hydrogens (tertiary/aromatic N) is 6. The Labute approximate surface area is 443 Å². The predicted molar refractivity (Wildman–Crippen MR) is 319 cm³/mol. The van der Waals surface area contributed by atoms with Gasteiger partial charge in [-0.1, -0.05) is 158 Å². The average molecular weight is 1010 g/mol. The van der Waals surface area contributed by atoms with Crippen LogP contribution in [0, 0.1) is 0 Å². The molecule has 0 atom stereocenters. The Morgan fingerprint density at radius 1 is 0.289 bits per heavy atom. The molecule has 0 fully saturated rings. The lowest BCUT2D eigenvalue weighted by Crippen LogP contribution is -2.02. The molecule has 6 nitrogen and oxygen atoms in total. The van der Waals surface area contributed by atoms with E-state index in [9.17, 15) is 0 Å². The minimum atomic E-state index is 0.555. The van der Waals surface area contributed by atoms with Gasteiger partial charge in [0.1, 0.15) is 0 Å². The quantitative estimate of drug-likeness (QED) is 0.160. The Kier molecular flexibility index (Phi) is 9.57. The number of pyridine rings is 1. The van der Waals surface area contributed by atoms with Crippen LogP contribution >= 0.6 is 22.7 Å². The lowest BCUT2D eigenvalue weighted by atomic mass is 9.95. The molecule has 0 bridgehead atoms. The lowest BCUT2D eigenvalue weighted by molar-refractivity contribution is 1.07. The van der Waals surface area contributed by atoms with Crippen molar-refractivity contribution in [2.75, 3.05) is 0 Å². The summed E-state index contributed by atoms with van der Waals surface area (Å²) in [5, 5.41) is 9.65. The van der Waals surface area contributed by atoms with E-state index in [1.807, 2.05) is 59.1 Å². The summed E-state index contributed by atoms with van der Waals surface area (Å²) in [7, 11) is 0. The Morgan fingerprint density at radius 3 is 1.26 bits per heavy atom. The molecule has 0 saturated heterocycles. The molecule has 10 aromatic carbocycles. The lowest BCUT2D eigenvalue weighted by Gasteiger charge is -2.15. The number of para-hydroxylation sites is 4. The second-order valence-corrected chi connectivity index (χ2v) is 21.5. The summed E-state index contributed by atoms with van der Waals surface area (Å²) in [6.07, 6.45) is 2.06. The molecule has 0 saturated carbocycles. The highest BCUT2D eigenvalue weighted by Crippen LogP contribution is 2.48. The van der Waals surface area contributed by atoms with Crippen molar-refractivity contribution in [2.24, 2.45) is 0 Å². The Balaban J connectivity index is 0.961. The monoisotopic (exact) mass is 1000 g/mol. The van der Waals surface area contributed by atoms with Crippen LogP contribution < -0.4 is 0 Å². The zero-order valence-corrected chi connectivity index (χ0v) is 42.2. The fourth-order valence-corrected chi connectivity index (χ4v) is 13.9. The van der Waals surface area contributed by atoms with Crippen molar-refractivity contribution >= 4 is 107 Å². The fourth-order valence-electron chi connectivity index (χ4n) is 11.7. The van der Waals surface area contributed by atoms with Crippen molar-refractivity contribution in [2.45, 2.75) is 0 Å². The first-order valence-corrected chi connectivity index (χ1v) is 27.1. The van der Waals surface area contributed by atoms with Gasteiger partial charge in [-0.05, 0) is 84.4 Å². The summed E-state index contributed by atoms with van der Waals surface area (Å²) < 4.78 is 9.64. The first-order chi connectivity index (χ1) is 37.7. The van der Waals surface area contributed by atoms with Crippen LogP contribution in [-0.4, -0.2) is 29.1 Å². The van der Waals surface area contributed by atoms with Crippen LogP contribution in [0.5, 0.6) is 0 Å². The van der Waals surface area contributed by atoms with Gasteiger partial charge in [0.15, 0.2) is 17.5 Å². The first kappa shape index (κ1) is 42.9. The van der Waals surface area contributed by atoms with Gasteiger partial charge in [0.2, 0.25) is 0 Å². The van der Waals surface area contributed by atoms with Crippen molar-refractivity contribution < 1.29 is 0 Å². The highest BCUT2D eigenvalue weighted by Gasteiger charge is 2.24. The van der Waals surface area contributed by atoms with Gasteiger partial charge < -0.3 is 9.13 Å². The van der Waals surface area contributed by atoms with Crippen LogP contribution in [0.4, 0.5) is 0 Å². The van der Waals surface area contributed by atoms with Gasteiger partial charge >= 0.3 is 0 Å². The number of fused-ring (bicyclic) bond motifs is 12. The molecule has 0 unspecified atom stereocenters. The molecule has 0 N–H and O–H groups in total. The number of aromatic nitrogens is 6. The molecule has 16 rings (SSSR count). The third-order valence-corrected chi connectivity index (χ3v) is 17.2. The molecular formula is C68H40N6S2. The van der Waals surface area contributed by atoms with Gasteiger partial charge in [-0.25, -0.2) is 15.0 Å². The van der Waals surface area contributed by atoms with Gasteiger partial charge in [-0.3, -0.25) is 4.98 Å². The molecule has 0 spiro atoms. The highest BCUT2D eigenvalue weighted by atomic mass is 32.1. The number of hydrogen-bond donors (Lipinski definition) is 0. The topological polar surface area (TPSA) is 61.4 Å². The molecular weight excluding hydrogens is 965 g/mol. The molecule has 0 aliphatic heterocycles. The van der Waals surface area contributed by atoms with Crippen LogP contribution in [0.15, 0.2) is 243 Å². The van der Waals surface area contributed by atoms with Crippen molar-refractivity contribution in [3.05, 3.63) is 243 Å². The smallest absolute Gasteiger partial charge is 0.166 e. The Morgan fingerprint density at radius 2 is 0.737 bits per heavy atom. The molecule has 354 valence electrons. The number of rotatable bonds is 7. The van der Waals surface area contributed by atoms with Crippen LogP contribution in [0.2, 0.25) is 0 Å². The van der Waals surface area contributed by atoms with Crippen LogP contribution in [0.3, 0.4) is 0 Å². The van der Waals surface area contributed by atoms with E-state index in [-0.39, 0.29) is 0 Å². The fraction of sp³-hybridized carbons (Fsp3) is 0. The van der Waals surface area contributed by atoms with Gasteiger partial charge in [0.05, 0.1) is 27.8 Å². The maximum Gasteiger partial charge on any atom is 0.166 e. The molecule has 0 radical (unpaired) electrons. The van der Waals surface area contributed by atoms with E-state index >= 15 is 0 Å². The Bertz CT molecular complexity index is 4920. The third-order valence-electron chi connectivity index (χ3n) is 15.0. The zero-order valence-electron chi connectivity index (χ0n) is 40.6. The molecule has 0 amide bonds. The zero-order chi connectivity index (χ0) is 49.8. The van der Waals surface area contributed by atoms with E-state index in [0.29, 0.717) is 17.5 Å². The normalized spacial score (nSPS) is 11.9. The largest absolute Gasteiger partial charge is 0.309 e. The van der Waals surface area contributed by atoms with Crippen LogP contribution in [-0.2, 0) is 0 Å². The van der Waals surface area contributed by atoms with Crippen LogP contribution in [0.1, 0.15) is 0 Å². The minimum Gasteiger partial charge on any atom is -0.309 e. The second-order valence-electron chi connectivity index (χ2n) is 19.3. The van der Waals surface area contributed by atoms with Gasteiger partial charge in [0.25, 0.3) is 0 Å². The third kappa shape index (κ3) is 6.64. The Hall–Kier alpha value is -9.60. The van der Waals surface area contributed by atoms with Gasteiger partial charge in [-0.15, -0.1) is 22.7 Å². The highest BCUT2D eigenvalue weighted by molar-refractivity contribution is 7.26. The van der Waals surface area contributed by atoms with Crippen molar-refractivity contribution in [3.63, 3.8) is 0 Å². The van der Waals surface area contributed by atoms with E-state index in [4.69, 9.17) is 19.9 Å². The summed E-state index contributed by atoms with van der Waals surface area (Å²) >= 11 is 3.66. The van der Waals surface area contributed by atoms with E-state index in [0.717, 1.165) is 55.8 Å². The predicted octanol–water partition coefficient (Wildman–Crippen LogP) is 18.5. The summed E-state index contributed by atoms with van der Waals surface area (Å²) in [6.45, 7) is 0. The summed E-state index contributed by atoms with van der Waals surface area (Å²) in [4.78, 5) is 21.5. The molecule has 16 aromatic rings. The van der Waals surface area contributed by atoms with Crippen molar-refractivity contribution in [1.82, 2.24) is 29.1 Å². The first-order valence-electron chi connectivity index (χ1n) is 25.4. The number of hydrogen-bond acceptors (Lipinski definition) is 6. The standard InChI is InChI=1S/C68H40N6S2/c1-5-19-41(20-6-1)66-70-67(42-21-7-2-8-22-42)72-68(71-66)54-35-43(46-29-17-33-59-63(46)52-36-50-47-27-13-15-31-55(47)73(44-23-9-3-10-24-44)57(50)38-61(52)75-59)40-69-65(54)49-30-18-34-60-64(49)53-37-51-48-28-14-16-32-56(48)74(45-25-11-4-12-26-45)58(51)39-62(53)76-60/h1-40H. The van der Waals surface area contributed by atoms with Crippen molar-refractivity contribution in [3.8, 4) is 67.9 Å². The molecule has 6 aromatic heterocycles.